The molecule has 2 rings (SSSR count). The van der Waals surface area contributed by atoms with Gasteiger partial charge < -0.3 is 14.5 Å². The van der Waals surface area contributed by atoms with Crippen molar-refractivity contribution in [3.05, 3.63) is 65.5 Å². The monoisotopic (exact) mass is 344 g/mol. The van der Waals surface area contributed by atoms with Crippen LogP contribution in [0, 0.1) is 5.82 Å². The molecule has 0 radical (unpaired) electrons. The Morgan fingerprint density at radius 2 is 1.64 bits per heavy atom. The Labute approximate surface area is 146 Å². The SMILES string of the molecule is CN(Cc1ccccc1F)C(=O)COC(=O)c1ccc(N(C)C)cc1. The van der Waals surface area contributed by atoms with Gasteiger partial charge in [-0.15, -0.1) is 0 Å². The second-order valence-corrected chi connectivity index (χ2v) is 5.86. The lowest BCUT2D eigenvalue weighted by atomic mass is 10.2. The molecule has 2 aromatic rings. The molecule has 2 aromatic carbocycles. The maximum atomic E-state index is 13.6. The number of likely N-dealkylation sites (N-methyl/N-ethyl adjacent to an activating group) is 1. The quantitative estimate of drug-likeness (QED) is 0.756. The van der Waals surface area contributed by atoms with Gasteiger partial charge >= 0.3 is 5.97 Å². The third-order valence-corrected chi connectivity index (χ3v) is 3.74. The van der Waals surface area contributed by atoms with Crippen molar-refractivity contribution in [2.24, 2.45) is 0 Å². The molecule has 0 N–H and O–H groups in total. The van der Waals surface area contributed by atoms with Gasteiger partial charge in [0.25, 0.3) is 5.91 Å². The molecule has 0 heterocycles. The van der Waals surface area contributed by atoms with Crippen LogP contribution in [0.1, 0.15) is 15.9 Å². The second kappa shape index (κ2) is 8.28. The van der Waals surface area contributed by atoms with Crippen molar-refractivity contribution < 1.29 is 18.7 Å². The van der Waals surface area contributed by atoms with Crippen LogP contribution in [-0.2, 0) is 16.1 Å². The number of carbonyl (C=O) groups is 2. The van der Waals surface area contributed by atoms with Gasteiger partial charge in [0, 0.05) is 38.9 Å². The molecule has 0 aliphatic heterocycles. The van der Waals surface area contributed by atoms with Crippen LogP contribution < -0.4 is 4.90 Å². The fourth-order valence-electron chi connectivity index (χ4n) is 2.19. The fraction of sp³-hybridized carbons (Fsp3) is 0.263. The van der Waals surface area contributed by atoms with Gasteiger partial charge in [0.2, 0.25) is 0 Å². The average molecular weight is 344 g/mol. The van der Waals surface area contributed by atoms with Crippen molar-refractivity contribution in [1.29, 1.82) is 0 Å². The minimum atomic E-state index is -0.571. The molecule has 0 atom stereocenters. The van der Waals surface area contributed by atoms with Crippen molar-refractivity contribution in [1.82, 2.24) is 4.90 Å². The number of carbonyl (C=O) groups excluding carboxylic acids is 2. The van der Waals surface area contributed by atoms with E-state index in [0.29, 0.717) is 11.1 Å². The zero-order chi connectivity index (χ0) is 18.4. The van der Waals surface area contributed by atoms with Crippen molar-refractivity contribution in [3.63, 3.8) is 0 Å². The number of rotatable bonds is 6. The standard InChI is InChI=1S/C19H21FN2O3/c1-21(2)16-10-8-14(9-11-16)19(24)25-13-18(23)22(3)12-15-6-4-5-7-17(15)20/h4-11H,12-13H2,1-3H3. The summed E-state index contributed by atoms with van der Waals surface area (Å²) in [6.45, 7) is -0.278. The highest BCUT2D eigenvalue weighted by Crippen LogP contribution is 2.13. The summed E-state index contributed by atoms with van der Waals surface area (Å²) < 4.78 is 18.7. The molecule has 0 saturated heterocycles. The van der Waals surface area contributed by atoms with E-state index in [4.69, 9.17) is 4.74 Å². The van der Waals surface area contributed by atoms with E-state index in [1.807, 2.05) is 19.0 Å². The molecule has 0 aromatic heterocycles. The Bertz CT molecular complexity index is 745. The number of nitrogens with zero attached hydrogens (tertiary/aromatic N) is 2. The summed E-state index contributed by atoms with van der Waals surface area (Å²) in [5, 5.41) is 0. The third-order valence-electron chi connectivity index (χ3n) is 3.74. The van der Waals surface area contributed by atoms with Crippen molar-refractivity contribution in [2.75, 3.05) is 32.6 Å². The van der Waals surface area contributed by atoms with Crippen molar-refractivity contribution in [3.8, 4) is 0 Å². The highest BCUT2D eigenvalue weighted by atomic mass is 19.1. The van der Waals surface area contributed by atoms with Crippen molar-refractivity contribution in [2.45, 2.75) is 6.54 Å². The van der Waals surface area contributed by atoms with Gasteiger partial charge in [-0.1, -0.05) is 18.2 Å². The lowest BCUT2D eigenvalue weighted by Crippen LogP contribution is -2.31. The van der Waals surface area contributed by atoms with Crippen molar-refractivity contribution >= 4 is 17.6 Å². The first-order chi connectivity index (χ1) is 11.9. The van der Waals surface area contributed by atoms with E-state index in [-0.39, 0.29) is 19.0 Å². The first-order valence-corrected chi connectivity index (χ1v) is 7.80. The number of hydrogen-bond donors (Lipinski definition) is 0. The maximum Gasteiger partial charge on any atom is 0.338 e. The number of amides is 1. The van der Waals surface area contributed by atoms with E-state index >= 15 is 0 Å². The summed E-state index contributed by atoms with van der Waals surface area (Å²) in [7, 11) is 5.34. The lowest BCUT2D eigenvalue weighted by Gasteiger charge is -2.17. The topological polar surface area (TPSA) is 49.9 Å². The van der Waals surface area contributed by atoms with Gasteiger partial charge in [-0.3, -0.25) is 4.79 Å². The lowest BCUT2D eigenvalue weighted by molar-refractivity contribution is -0.133. The van der Waals surface area contributed by atoms with Gasteiger partial charge in [0.15, 0.2) is 6.61 Å². The minimum Gasteiger partial charge on any atom is -0.452 e. The Morgan fingerprint density at radius 1 is 1.00 bits per heavy atom. The highest BCUT2D eigenvalue weighted by Gasteiger charge is 2.15. The largest absolute Gasteiger partial charge is 0.452 e. The number of esters is 1. The number of hydrogen-bond acceptors (Lipinski definition) is 4. The Kier molecular flexibility index (Phi) is 6.11. The molecule has 0 unspecified atom stereocenters. The van der Waals surface area contributed by atoms with Gasteiger partial charge in [-0.05, 0) is 30.3 Å². The van der Waals surface area contributed by atoms with Crippen LogP contribution in [0.4, 0.5) is 10.1 Å². The molecule has 0 fully saturated rings. The molecule has 0 bridgehead atoms. The zero-order valence-corrected chi connectivity index (χ0v) is 14.5. The van der Waals surface area contributed by atoms with Crippen LogP contribution in [0.2, 0.25) is 0 Å². The van der Waals surface area contributed by atoms with Crippen LogP contribution in [-0.4, -0.2) is 44.5 Å². The summed E-state index contributed by atoms with van der Waals surface area (Å²) in [6, 6.07) is 13.1. The maximum absolute atomic E-state index is 13.6. The predicted molar refractivity (Wildman–Crippen MR) is 93.9 cm³/mol. The first kappa shape index (κ1) is 18.4. The summed E-state index contributed by atoms with van der Waals surface area (Å²) in [4.78, 5) is 27.3. The molecule has 132 valence electrons. The Hall–Kier alpha value is -2.89. The van der Waals surface area contributed by atoms with E-state index in [0.717, 1.165) is 5.69 Å². The average Bonchev–Trinajstić information content (AvgIpc) is 2.61. The van der Waals surface area contributed by atoms with Gasteiger partial charge in [-0.2, -0.15) is 0 Å². The summed E-state index contributed by atoms with van der Waals surface area (Å²) >= 11 is 0. The molecule has 0 aliphatic rings. The smallest absolute Gasteiger partial charge is 0.338 e. The van der Waals surface area contributed by atoms with E-state index < -0.39 is 11.9 Å². The number of benzene rings is 2. The highest BCUT2D eigenvalue weighted by molar-refractivity contribution is 5.91. The Morgan fingerprint density at radius 3 is 2.24 bits per heavy atom. The van der Waals surface area contributed by atoms with Crippen LogP contribution in [0.15, 0.2) is 48.5 Å². The van der Waals surface area contributed by atoms with Gasteiger partial charge in [0.05, 0.1) is 5.56 Å². The molecule has 25 heavy (non-hydrogen) atoms. The molecule has 5 nitrogen and oxygen atoms in total. The minimum absolute atomic E-state index is 0.112. The molecular weight excluding hydrogens is 323 g/mol. The Balaban J connectivity index is 1.88. The molecular formula is C19H21FN2O3. The molecule has 1 amide bonds. The second-order valence-electron chi connectivity index (χ2n) is 5.86. The number of anilines is 1. The normalized spacial score (nSPS) is 10.2. The fourth-order valence-corrected chi connectivity index (χ4v) is 2.19. The predicted octanol–water partition coefficient (Wildman–Crippen LogP) is 2.71. The number of halogens is 1. The summed E-state index contributed by atoms with van der Waals surface area (Å²) in [6.07, 6.45) is 0. The molecule has 6 heteroatoms. The van der Waals surface area contributed by atoms with Gasteiger partial charge in [0.1, 0.15) is 5.82 Å². The van der Waals surface area contributed by atoms with E-state index in [9.17, 15) is 14.0 Å². The summed E-state index contributed by atoms with van der Waals surface area (Å²) in [5.74, 6) is -1.35. The van der Waals surface area contributed by atoms with E-state index in [1.54, 1.807) is 42.5 Å². The molecule has 0 aliphatic carbocycles. The summed E-state index contributed by atoms with van der Waals surface area (Å²) in [5.41, 5.74) is 1.73. The van der Waals surface area contributed by atoms with E-state index in [2.05, 4.69) is 0 Å². The molecule has 0 spiro atoms. The molecule has 0 saturated carbocycles. The third kappa shape index (κ3) is 5.04. The van der Waals surface area contributed by atoms with E-state index in [1.165, 1.54) is 18.0 Å². The number of ether oxygens (including phenoxy) is 1. The van der Waals surface area contributed by atoms with Crippen LogP contribution >= 0.6 is 0 Å². The first-order valence-electron chi connectivity index (χ1n) is 7.80. The van der Waals surface area contributed by atoms with Gasteiger partial charge in [-0.25, -0.2) is 9.18 Å². The van der Waals surface area contributed by atoms with Crippen LogP contribution in [0.3, 0.4) is 0 Å². The van der Waals surface area contributed by atoms with Crippen LogP contribution in [0.5, 0.6) is 0 Å². The zero-order valence-electron chi connectivity index (χ0n) is 14.5. The van der Waals surface area contributed by atoms with Crippen LogP contribution in [0.25, 0.3) is 0 Å².